The second-order valence-electron chi connectivity index (χ2n) is 5.35. The van der Waals surface area contributed by atoms with E-state index in [4.69, 9.17) is 10.5 Å². The molecule has 1 aliphatic carbocycles. The lowest BCUT2D eigenvalue weighted by molar-refractivity contribution is 0.290. The molecule has 2 N–H and O–H groups in total. The van der Waals surface area contributed by atoms with Gasteiger partial charge in [0.2, 0.25) is 0 Å². The van der Waals surface area contributed by atoms with Crippen LogP contribution in [0.4, 0.5) is 4.39 Å². The fourth-order valence-corrected chi connectivity index (χ4v) is 3.10. The van der Waals surface area contributed by atoms with Crippen LogP contribution < -0.4 is 10.5 Å². The highest BCUT2D eigenvalue weighted by Crippen LogP contribution is 2.41. The van der Waals surface area contributed by atoms with E-state index in [9.17, 15) is 4.39 Å². The Balaban J connectivity index is 2.45. The van der Waals surface area contributed by atoms with Gasteiger partial charge in [-0.2, -0.15) is 0 Å². The number of benzene rings is 1. The summed E-state index contributed by atoms with van der Waals surface area (Å²) in [5.74, 6) is 0.434. The van der Waals surface area contributed by atoms with Crippen molar-refractivity contribution >= 4 is 0 Å². The van der Waals surface area contributed by atoms with Crippen molar-refractivity contribution in [2.75, 3.05) is 13.7 Å². The molecule has 0 unspecified atom stereocenters. The van der Waals surface area contributed by atoms with Gasteiger partial charge in [0.05, 0.1) is 7.11 Å². The van der Waals surface area contributed by atoms with E-state index in [1.807, 2.05) is 13.0 Å². The Hall–Kier alpha value is -1.09. The van der Waals surface area contributed by atoms with Crippen LogP contribution in [0.3, 0.4) is 0 Å². The van der Waals surface area contributed by atoms with E-state index in [2.05, 4.69) is 0 Å². The predicted molar refractivity (Wildman–Crippen MR) is 71.5 cm³/mol. The molecule has 1 saturated carbocycles. The molecule has 1 aliphatic rings. The molecule has 1 aromatic carbocycles. The van der Waals surface area contributed by atoms with Crippen LogP contribution >= 0.6 is 0 Å². The van der Waals surface area contributed by atoms with Gasteiger partial charge in [0.1, 0.15) is 11.6 Å². The number of hydrogen-bond donors (Lipinski definition) is 1. The second kappa shape index (κ2) is 5.27. The van der Waals surface area contributed by atoms with Crippen molar-refractivity contribution in [2.24, 2.45) is 5.73 Å². The van der Waals surface area contributed by atoms with Crippen LogP contribution in [-0.2, 0) is 5.41 Å². The maximum atomic E-state index is 14.3. The molecule has 0 spiro atoms. The highest BCUT2D eigenvalue weighted by Gasteiger charge is 2.35. The third-order valence-electron chi connectivity index (χ3n) is 4.26. The van der Waals surface area contributed by atoms with E-state index in [0.717, 1.165) is 36.8 Å². The summed E-state index contributed by atoms with van der Waals surface area (Å²) in [4.78, 5) is 0. The van der Waals surface area contributed by atoms with Gasteiger partial charge in [-0.1, -0.05) is 19.3 Å². The zero-order valence-electron chi connectivity index (χ0n) is 11.3. The quantitative estimate of drug-likeness (QED) is 0.894. The first-order valence-electron chi connectivity index (χ1n) is 6.67. The lowest BCUT2D eigenvalue weighted by Crippen LogP contribution is -2.38. The SMILES string of the molecule is COc1cc(F)c(C2(CN)CCCCC2)cc1C. The van der Waals surface area contributed by atoms with Crippen molar-refractivity contribution in [2.45, 2.75) is 44.4 Å². The number of ether oxygens (including phenoxy) is 1. The van der Waals surface area contributed by atoms with Gasteiger partial charge in [-0.15, -0.1) is 0 Å². The van der Waals surface area contributed by atoms with Crippen LogP contribution in [0.25, 0.3) is 0 Å². The molecule has 2 rings (SSSR count). The monoisotopic (exact) mass is 251 g/mol. The Morgan fingerprint density at radius 3 is 2.50 bits per heavy atom. The highest BCUT2D eigenvalue weighted by atomic mass is 19.1. The summed E-state index contributed by atoms with van der Waals surface area (Å²) in [6.07, 6.45) is 5.50. The summed E-state index contributed by atoms with van der Waals surface area (Å²) in [7, 11) is 1.57. The highest BCUT2D eigenvalue weighted by molar-refractivity contribution is 5.41. The van der Waals surface area contributed by atoms with E-state index >= 15 is 0 Å². The van der Waals surface area contributed by atoms with Crippen LogP contribution in [0.15, 0.2) is 12.1 Å². The number of halogens is 1. The number of aryl methyl sites for hydroxylation is 1. The first-order valence-corrected chi connectivity index (χ1v) is 6.67. The van der Waals surface area contributed by atoms with E-state index in [1.165, 1.54) is 12.5 Å². The maximum Gasteiger partial charge on any atom is 0.130 e. The summed E-state index contributed by atoms with van der Waals surface area (Å²) >= 11 is 0. The first kappa shape index (κ1) is 13.3. The summed E-state index contributed by atoms with van der Waals surface area (Å²) in [6.45, 7) is 2.48. The molecule has 0 radical (unpaired) electrons. The summed E-state index contributed by atoms with van der Waals surface area (Å²) < 4.78 is 19.5. The molecule has 3 heteroatoms. The van der Waals surface area contributed by atoms with Gasteiger partial charge in [0.25, 0.3) is 0 Å². The Labute approximate surface area is 108 Å². The largest absolute Gasteiger partial charge is 0.496 e. The zero-order chi connectivity index (χ0) is 13.2. The normalized spacial score (nSPS) is 18.7. The summed E-state index contributed by atoms with van der Waals surface area (Å²) in [5, 5.41) is 0. The Morgan fingerprint density at radius 2 is 1.94 bits per heavy atom. The Bertz CT molecular complexity index is 425. The number of hydrogen-bond acceptors (Lipinski definition) is 2. The molecular weight excluding hydrogens is 229 g/mol. The molecular formula is C15H22FNO. The smallest absolute Gasteiger partial charge is 0.130 e. The lowest BCUT2D eigenvalue weighted by Gasteiger charge is -2.37. The number of nitrogens with two attached hydrogens (primary N) is 1. The molecule has 0 bridgehead atoms. The Morgan fingerprint density at radius 1 is 1.28 bits per heavy atom. The molecule has 100 valence electrons. The minimum Gasteiger partial charge on any atom is -0.496 e. The van der Waals surface area contributed by atoms with Crippen LogP contribution in [0, 0.1) is 12.7 Å². The molecule has 0 aliphatic heterocycles. The number of methoxy groups -OCH3 is 1. The van der Waals surface area contributed by atoms with Crippen LogP contribution in [0.1, 0.15) is 43.2 Å². The van der Waals surface area contributed by atoms with Gasteiger partial charge in [0, 0.05) is 18.0 Å². The van der Waals surface area contributed by atoms with Crippen LogP contribution in [-0.4, -0.2) is 13.7 Å². The molecule has 1 aromatic rings. The predicted octanol–water partition coefficient (Wildman–Crippen LogP) is 3.30. The topological polar surface area (TPSA) is 35.2 Å². The van der Waals surface area contributed by atoms with Crippen molar-refractivity contribution in [3.05, 3.63) is 29.1 Å². The first-order chi connectivity index (χ1) is 8.63. The summed E-state index contributed by atoms with van der Waals surface area (Å²) in [5.41, 5.74) is 7.55. The average Bonchev–Trinajstić information content (AvgIpc) is 2.41. The third-order valence-corrected chi connectivity index (χ3v) is 4.26. The van der Waals surface area contributed by atoms with Crippen LogP contribution in [0.2, 0.25) is 0 Å². The van der Waals surface area contributed by atoms with Gasteiger partial charge >= 0.3 is 0 Å². The van der Waals surface area contributed by atoms with Gasteiger partial charge in [-0.25, -0.2) is 4.39 Å². The van der Waals surface area contributed by atoms with E-state index < -0.39 is 0 Å². The number of rotatable bonds is 3. The van der Waals surface area contributed by atoms with Crippen molar-refractivity contribution in [3.8, 4) is 5.75 Å². The fourth-order valence-electron chi connectivity index (χ4n) is 3.10. The van der Waals surface area contributed by atoms with E-state index in [1.54, 1.807) is 7.11 Å². The summed E-state index contributed by atoms with van der Waals surface area (Å²) in [6, 6.07) is 3.42. The van der Waals surface area contributed by atoms with Crippen molar-refractivity contribution in [3.63, 3.8) is 0 Å². The van der Waals surface area contributed by atoms with E-state index in [0.29, 0.717) is 12.3 Å². The molecule has 18 heavy (non-hydrogen) atoms. The van der Waals surface area contributed by atoms with Gasteiger partial charge in [0.15, 0.2) is 0 Å². The molecule has 0 heterocycles. The maximum absolute atomic E-state index is 14.3. The fraction of sp³-hybridized carbons (Fsp3) is 0.600. The molecule has 0 saturated heterocycles. The van der Waals surface area contributed by atoms with Crippen molar-refractivity contribution < 1.29 is 9.13 Å². The van der Waals surface area contributed by atoms with Crippen LogP contribution in [0.5, 0.6) is 5.75 Å². The van der Waals surface area contributed by atoms with Crippen molar-refractivity contribution in [1.29, 1.82) is 0 Å². The van der Waals surface area contributed by atoms with E-state index in [-0.39, 0.29) is 11.2 Å². The minimum atomic E-state index is -0.176. The third kappa shape index (κ3) is 2.24. The van der Waals surface area contributed by atoms with Gasteiger partial charge < -0.3 is 10.5 Å². The molecule has 0 atom stereocenters. The Kier molecular flexibility index (Phi) is 3.91. The minimum absolute atomic E-state index is 0.167. The average molecular weight is 251 g/mol. The van der Waals surface area contributed by atoms with Crippen molar-refractivity contribution in [1.82, 2.24) is 0 Å². The molecule has 1 fully saturated rings. The molecule has 0 amide bonds. The van der Waals surface area contributed by atoms with Gasteiger partial charge in [-0.05, 0) is 37.0 Å². The standard InChI is InChI=1S/C15H22FNO/c1-11-8-12(13(16)9-14(11)18-2)15(10-17)6-4-3-5-7-15/h8-9H,3-7,10,17H2,1-2H3. The zero-order valence-corrected chi connectivity index (χ0v) is 11.3. The lowest BCUT2D eigenvalue weighted by atomic mass is 9.69. The molecule has 0 aromatic heterocycles. The molecule has 2 nitrogen and oxygen atoms in total. The second-order valence-corrected chi connectivity index (χ2v) is 5.35. The van der Waals surface area contributed by atoms with Gasteiger partial charge in [-0.3, -0.25) is 0 Å².